The van der Waals surface area contributed by atoms with Gasteiger partial charge >= 0.3 is 0 Å². The van der Waals surface area contributed by atoms with Gasteiger partial charge in [0.15, 0.2) is 0 Å². The molecule has 0 spiro atoms. The van der Waals surface area contributed by atoms with Gasteiger partial charge in [0.2, 0.25) is 0 Å². The summed E-state index contributed by atoms with van der Waals surface area (Å²) in [5, 5.41) is 3.14. The molecule has 6 nitrogen and oxygen atoms in total. The average Bonchev–Trinajstić information content (AvgIpc) is 2.91. The second-order valence-electron chi connectivity index (χ2n) is 4.10. The van der Waals surface area contributed by atoms with Crippen molar-refractivity contribution in [3.05, 3.63) is 23.8 Å². The zero-order valence-corrected chi connectivity index (χ0v) is 11.6. The Hall–Kier alpha value is -1.34. The molecular formula is C13H19NO5. The predicted molar refractivity (Wildman–Crippen MR) is 68.1 cm³/mol. The van der Waals surface area contributed by atoms with Crippen LogP contribution in [0.4, 0.5) is 0 Å². The van der Waals surface area contributed by atoms with Crippen molar-refractivity contribution < 1.29 is 23.7 Å². The molecule has 1 aliphatic rings. The molecule has 106 valence electrons. The highest BCUT2D eigenvalue weighted by molar-refractivity contribution is 5.41. The fourth-order valence-electron chi connectivity index (χ4n) is 2.01. The van der Waals surface area contributed by atoms with Crippen molar-refractivity contribution in [2.75, 3.05) is 35.0 Å². The van der Waals surface area contributed by atoms with Gasteiger partial charge in [0.25, 0.3) is 5.91 Å². The molecule has 1 fully saturated rings. The van der Waals surface area contributed by atoms with Crippen LogP contribution in [0.3, 0.4) is 0 Å². The molecule has 19 heavy (non-hydrogen) atoms. The summed E-state index contributed by atoms with van der Waals surface area (Å²) in [6.45, 7) is 0.283. The topological polar surface area (TPSA) is 58.2 Å². The predicted octanol–water partition coefficient (Wildman–Crippen LogP) is 1.27. The molecule has 1 aromatic rings. The normalized spacial score (nSPS) is 21.4. The van der Waals surface area contributed by atoms with Gasteiger partial charge < -0.3 is 23.7 Å². The second kappa shape index (κ2) is 5.75. The fraction of sp³-hybridized carbons (Fsp3) is 0.538. The van der Waals surface area contributed by atoms with Crippen LogP contribution in [0.5, 0.6) is 11.5 Å². The van der Waals surface area contributed by atoms with Crippen LogP contribution in [0.1, 0.15) is 11.8 Å². The second-order valence-corrected chi connectivity index (χ2v) is 4.10. The molecule has 2 rings (SSSR count). The van der Waals surface area contributed by atoms with Gasteiger partial charge in [-0.05, 0) is 18.2 Å². The molecule has 1 unspecified atom stereocenters. The zero-order chi connectivity index (χ0) is 13.9. The summed E-state index contributed by atoms with van der Waals surface area (Å²) in [4.78, 5) is 0. The van der Waals surface area contributed by atoms with E-state index in [9.17, 15) is 0 Å². The summed E-state index contributed by atoms with van der Waals surface area (Å²) in [6, 6.07) is 5.52. The van der Waals surface area contributed by atoms with E-state index in [1.54, 1.807) is 28.4 Å². The first-order valence-electron chi connectivity index (χ1n) is 5.89. The lowest BCUT2D eigenvalue weighted by Crippen LogP contribution is -2.46. The molecule has 1 N–H and O–H groups in total. The van der Waals surface area contributed by atoms with Gasteiger partial charge in [-0.2, -0.15) is 0 Å². The van der Waals surface area contributed by atoms with Gasteiger partial charge in [-0.1, -0.05) is 0 Å². The van der Waals surface area contributed by atoms with Gasteiger partial charge in [0.1, 0.15) is 24.3 Å². The number of hydrogen-bond acceptors (Lipinski definition) is 6. The molecule has 1 saturated heterocycles. The van der Waals surface area contributed by atoms with Crippen LogP contribution in [-0.2, 0) is 14.2 Å². The van der Waals surface area contributed by atoms with Crippen molar-refractivity contribution in [1.82, 2.24) is 5.32 Å². The van der Waals surface area contributed by atoms with Crippen LogP contribution >= 0.6 is 0 Å². The lowest BCUT2D eigenvalue weighted by Gasteiger charge is -2.24. The Balaban J connectivity index is 2.27. The van der Waals surface area contributed by atoms with E-state index in [0.717, 1.165) is 11.3 Å². The summed E-state index contributed by atoms with van der Waals surface area (Å²) in [6.07, 6.45) is -0.384. The maximum absolute atomic E-state index is 5.68. The zero-order valence-electron chi connectivity index (χ0n) is 11.6. The molecule has 1 heterocycles. The van der Waals surface area contributed by atoms with Crippen LogP contribution in [0, 0.1) is 0 Å². The Morgan fingerprint density at radius 1 is 1.16 bits per heavy atom. The quantitative estimate of drug-likeness (QED) is 0.812. The average molecular weight is 269 g/mol. The molecule has 1 aliphatic heterocycles. The van der Waals surface area contributed by atoms with Crippen molar-refractivity contribution in [2.24, 2.45) is 0 Å². The molecule has 0 amide bonds. The molecule has 0 aromatic heterocycles. The highest BCUT2D eigenvalue weighted by atomic mass is 16.7. The monoisotopic (exact) mass is 269 g/mol. The summed E-state index contributed by atoms with van der Waals surface area (Å²) in [5.41, 5.74) is 0.831. The van der Waals surface area contributed by atoms with Crippen LogP contribution in [-0.4, -0.2) is 41.0 Å². The highest BCUT2D eigenvalue weighted by Gasteiger charge is 2.41. The van der Waals surface area contributed by atoms with Gasteiger partial charge in [0.05, 0.1) is 14.2 Å². The lowest BCUT2D eigenvalue weighted by atomic mass is 10.1. The number of rotatable bonds is 5. The summed E-state index contributed by atoms with van der Waals surface area (Å²) < 4.78 is 26.8. The standard InChI is InChI=1S/C13H19NO5/c1-15-9-5-6-11(16-2)10(7-9)12-14-13(17-3,18-4)8-19-12/h5-7,12,14H,8H2,1-4H3. The Morgan fingerprint density at radius 3 is 2.42 bits per heavy atom. The van der Waals surface area contributed by atoms with Crippen molar-refractivity contribution >= 4 is 0 Å². The first-order valence-corrected chi connectivity index (χ1v) is 5.89. The summed E-state index contributed by atoms with van der Waals surface area (Å²) >= 11 is 0. The lowest BCUT2D eigenvalue weighted by molar-refractivity contribution is -0.216. The minimum atomic E-state index is -0.932. The van der Waals surface area contributed by atoms with Crippen LogP contribution < -0.4 is 14.8 Å². The fourth-order valence-corrected chi connectivity index (χ4v) is 2.01. The van der Waals surface area contributed by atoms with E-state index < -0.39 is 5.91 Å². The molecule has 1 aromatic carbocycles. The first-order chi connectivity index (χ1) is 9.18. The molecule has 1 atom stereocenters. The first kappa shape index (κ1) is 14.1. The Labute approximate surface area is 112 Å². The maximum Gasteiger partial charge on any atom is 0.253 e. The molecule has 0 radical (unpaired) electrons. The van der Waals surface area contributed by atoms with Gasteiger partial charge in [-0.25, -0.2) is 5.32 Å². The number of hydrogen-bond donors (Lipinski definition) is 1. The van der Waals surface area contributed by atoms with Crippen LogP contribution in [0.25, 0.3) is 0 Å². The van der Waals surface area contributed by atoms with Crippen molar-refractivity contribution in [1.29, 1.82) is 0 Å². The van der Waals surface area contributed by atoms with Crippen molar-refractivity contribution in [3.8, 4) is 11.5 Å². The van der Waals surface area contributed by atoms with E-state index in [2.05, 4.69) is 5.32 Å². The Bertz CT molecular complexity index is 433. The summed E-state index contributed by atoms with van der Waals surface area (Å²) in [5.74, 6) is 0.508. The van der Waals surface area contributed by atoms with Crippen LogP contribution in [0.2, 0.25) is 0 Å². The third-order valence-electron chi connectivity index (χ3n) is 3.17. The highest BCUT2D eigenvalue weighted by Crippen LogP contribution is 2.35. The SMILES string of the molecule is COc1ccc(OC)c(C2NC(OC)(OC)CO2)c1. The third kappa shape index (κ3) is 2.66. The maximum atomic E-state index is 5.68. The van der Waals surface area contributed by atoms with E-state index in [1.807, 2.05) is 18.2 Å². The van der Waals surface area contributed by atoms with Gasteiger partial charge in [0, 0.05) is 19.8 Å². The van der Waals surface area contributed by atoms with E-state index in [1.165, 1.54) is 0 Å². The van der Waals surface area contributed by atoms with Crippen molar-refractivity contribution in [2.45, 2.75) is 12.1 Å². The molecule has 0 bridgehead atoms. The minimum Gasteiger partial charge on any atom is -0.497 e. The van der Waals surface area contributed by atoms with E-state index >= 15 is 0 Å². The smallest absolute Gasteiger partial charge is 0.253 e. The van der Waals surface area contributed by atoms with E-state index in [4.69, 9.17) is 23.7 Å². The van der Waals surface area contributed by atoms with E-state index in [-0.39, 0.29) is 12.8 Å². The number of ether oxygens (including phenoxy) is 5. The minimum absolute atomic E-state index is 0.283. The Kier molecular flexibility index (Phi) is 4.26. The molecular weight excluding hydrogens is 250 g/mol. The van der Waals surface area contributed by atoms with Crippen LogP contribution in [0.15, 0.2) is 18.2 Å². The summed E-state index contributed by atoms with van der Waals surface area (Å²) in [7, 11) is 6.35. The number of methoxy groups -OCH3 is 4. The largest absolute Gasteiger partial charge is 0.497 e. The van der Waals surface area contributed by atoms with E-state index in [0.29, 0.717) is 5.75 Å². The molecule has 6 heteroatoms. The molecule has 0 saturated carbocycles. The number of benzene rings is 1. The number of nitrogens with one attached hydrogen (secondary N) is 1. The van der Waals surface area contributed by atoms with Gasteiger partial charge in [-0.3, -0.25) is 0 Å². The van der Waals surface area contributed by atoms with Crippen molar-refractivity contribution in [3.63, 3.8) is 0 Å². The third-order valence-corrected chi connectivity index (χ3v) is 3.17. The van der Waals surface area contributed by atoms with Gasteiger partial charge in [-0.15, -0.1) is 0 Å². The molecule has 0 aliphatic carbocycles. The Morgan fingerprint density at radius 2 is 1.89 bits per heavy atom.